The third-order valence-electron chi connectivity index (χ3n) is 4.58. The molecule has 2 aromatic rings. The molecule has 0 N–H and O–H groups in total. The first-order valence-corrected chi connectivity index (χ1v) is 10.5. The van der Waals surface area contributed by atoms with Gasteiger partial charge in [0.2, 0.25) is 5.95 Å². The van der Waals surface area contributed by atoms with Crippen LogP contribution < -0.4 is 0 Å². The summed E-state index contributed by atoms with van der Waals surface area (Å²) in [5.41, 5.74) is -2.46. The minimum atomic E-state index is -4.64. The molecule has 180 valence electrons. The standard InChI is InChI=1S/C18H17F6N3O.2C2H6/c1-9-3-6-12(18(22,23)24)10(7-9)8-27(11-4-5-11)17(28)13-14(15(19)20)25-26(2)16(13)21;2*1-2/h3,6-7,11,15H,4-5,8H2,1-2H3;2*1-2H3. The van der Waals surface area contributed by atoms with Crippen LogP contribution in [0, 0.1) is 12.9 Å². The van der Waals surface area contributed by atoms with Crippen molar-refractivity contribution < 1.29 is 31.1 Å². The van der Waals surface area contributed by atoms with Gasteiger partial charge in [0.05, 0.1) is 5.56 Å². The van der Waals surface area contributed by atoms with Gasteiger partial charge in [-0.3, -0.25) is 4.79 Å². The summed E-state index contributed by atoms with van der Waals surface area (Å²) < 4.78 is 81.2. The number of benzene rings is 1. The van der Waals surface area contributed by atoms with E-state index in [1.807, 2.05) is 27.7 Å². The first kappa shape index (κ1) is 27.5. The van der Waals surface area contributed by atoms with E-state index in [2.05, 4.69) is 5.10 Å². The third-order valence-corrected chi connectivity index (χ3v) is 4.58. The smallest absolute Gasteiger partial charge is 0.331 e. The van der Waals surface area contributed by atoms with Crippen LogP contribution in [-0.4, -0.2) is 26.6 Å². The highest BCUT2D eigenvalue weighted by atomic mass is 19.4. The number of carbonyl (C=O) groups excluding carboxylic acids is 1. The first-order chi connectivity index (χ1) is 15.0. The van der Waals surface area contributed by atoms with E-state index in [4.69, 9.17) is 0 Å². The molecule has 0 radical (unpaired) electrons. The molecule has 1 heterocycles. The van der Waals surface area contributed by atoms with Crippen LogP contribution in [0.2, 0.25) is 0 Å². The predicted octanol–water partition coefficient (Wildman–Crippen LogP) is 6.68. The van der Waals surface area contributed by atoms with Crippen molar-refractivity contribution in [1.82, 2.24) is 14.7 Å². The molecule has 0 unspecified atom stereocenters. The molecule has 1 fully saturated rings. The molecule has 4 nitrogen and oxygen atoms in total. The largest absolute Gasteiger partial charge is 0.416 e. The minimum Gasteiger partial charge on any atom is -0.331 e. The van der Waals surface area contributed by atoms with E-state index in [0.29, 0.717) is 23.1 Å². The lowest BCUT2D eigenvalue weighted by Crippen LogP contribution is -2.34. The Hall–Kier alpha value is -2.52. The second-order valence-corrected chi connectivity index (χ2v) is 6.80. The van der Waals surface area contributed by atoms with Crippen molar-refractivity contribution in [3.63, 3.8) is 0 Å². The number of hydrogen-bond donors (Lipinski definition) is 0. The second-order valence-electron chi connectivity index (χ2n) is 6.80. The van der Waals surface area contributed by atoms with E-state index in [1.165, 1.54) is 12.1 Å². The number of alkyl halides is 5. The summed E-state index contributed by atoms with van der Waals surface area (Å²) in [6.07, 6.45) is -6.83. The Labute approximate surface area is 184 Å². The van der Waals surface area contributed by atoms with Gasteiger partial charge in [0, 0.05) is 19.6 Å². The zero-order valence-corrected chi connectivity index (χ0v) is 19.0. The second kappa shape index (κ2) is 11.4. The molecule has 1 aromatic carbocycles. The summed E-state index contributed by atoms with van der Waals surface area (Å²) in [7, 11) is 1.07. The van der Waals surface area contributed by atoms with Crippen LogP contribution in [-0.2, 0) is 19.8 Å². The van der Waals surface area contributed by atoms with Gasteiger partial charge in [0.15, 0.2) is 0 Å². The fraction of sp³-hybridized carbons (Fsp3) is 0.545. The quantitative estimate of drug-likeness (QED) is 0.462. The van der Waals surface area contributed by atoms with Gasteiger partial charge in [-0.1, -0.05) is 45.4 Å². The maximum Gasteiger partial charge on any atom is 0.416 e. The highest BCUT2D eigenvalue weighted by Crippen LogP contribution is 2.37. The normalized spacial score (nSPS) is 13.2. The summed E-state index contributed by atoms with van der Waals surface area (Å²) >= 11 is 0. The van der Waals surface area contributed by atoms with Crippen LogP contribution in [0.4, 0.5) is 26.3 Å². The molecule has 32 heavy (non-hydrogen) atoms. The minimum absolute atomic E-state index is 0.171. The molecule has 1 amide bonds. The Morgan fingerprint density at radius 2 is 1.75 bits per heavy atom. The summed E-state index contributed by atoms with van der Waals surface area (Å²) in [6.45, 7) is 9.14. The van der Waals surface area contributed by atoms with Crippen LogP contribution in [0.3, 0.4) is 0 Å². The molecule has 1 aromatic heterocycles. The molecule has 10 heteroatoms. The van der Waals surface area contributed by atoms with E-state index in [1.54, 1.807) is 6.92 Å². The highest BCUT2D eigenvalue weighted by molar-refractivity contribution is 5.96. The van der Waals surface area contributed by atoms with Gasteiger partial charge in [-0.2, -0.15) is 22.7 Å². The summed E-state index contributed by atoms with van der Waals surface area (Å²) in [4.78, 5) is 13.9. The first-order valence-electron chi connectivity index (χ1n) is 10.5. The molecule has 0 bridgehead atoms. The van der Waals surface area contributed by atoms with Gasteiger partial charge in [-0.15, -0.1) is 0 Å². The lowest BCUT2D eigenvalue weighted by Gasteiger charge is -2.24. The van der Waals surface area contributed by atoms with Gasteiger partial charge in [-0.05, 0) is 31.4 Å². The Kier molecular flexibility index (Phi) is 9.78. The van der Waals surface area contributed by atoms with Crippen molar-refractivity contribution >= 4 is 5.91 Å². The van der Waals surface area contributed by atoms with E-state index < -0.39 is 53.9 Å². The molecule has 0 spiro atoms. The molecular formula is C22H29F6N3O. The van der Waals surface area contributed by atoms with E-state index >= 15 is 0 Å². The zero-order chi connectivity index (χ0) is 24.8. The van der Waals surface area contributed by atoms with E-state index in [0.717, 1.165) is 18.0 Å². The van der Waals surface area contributed by atoms with Crippen LogP contribution in [0.1, 0.15) is 79.7 Å². The predicted molar refractivity (Wildman–Crippen MR) is 110 cm³/mol. The molecule has 1 aliphatic rings. The molecule has 0 saturated heterocycles. The summed E-state index contributed by atoms with van der Waals surface area (Å²) in [5, 5.41) is 3.34. The van der Waals surface area contributed by atoms with Crippen molar-refractivity contribution in [3.8, 4) is 0 Å². The number of rotatable bonds is 5. The van der Waals surface area contributed by atoms with Crippen molar-refractivity contribution in [1.29, 1.82) is 0 Å². The Balaban J connectivity index is 0.00000121. The Morgan fingerprint density at radius 1 is 1.19 bits per heavy atom. The van der Waals surface area contributed by atoms with E-state index in [-0.39, 0.29) is 5.56 Å². The monoisotopic (exact) mass is 465 g/mol. The fourth-order valence-corrected chi connectivity index (χ4v) is 3.08. The molecule has 0 aliphatic heterocycles. The fourth-order valence-electron chi connectivity index (χ4n) is 3.08. The number of hydrogen-bond acceptors (Lipinski definition) is 2. The number of carbonyl (C=O) groups is 1. The number of nitrogens with zero attached hydrogens (tertiary/aromatic N) is 3. The summed E-state index contributed by atoms with van der Waals surface area (Å²) in [5.74, 6) is -2.33. The third kappa shape index (κ3) is 6.26. The van der Waals surface area contributed by atoms with Crippen LogP contribution in [0.25, 0.3) is 0 Å². The van der Waals surface area contributed by atoms with Gasteiger partial charge in [0.1, 0.15) is 11.3 Å². The van der Waals surface area contributed by atoms with E-state index in [9.17, 15) is 31.1 Å². The maximum atomic E-state index is 14.3. The van der Waals surface area contributed by atoms with Crippen LogP contribution in [0.15, 0.2) is 18.2 Å². The van der Waals surface area contributed by atoms with Crippen molar-refractivity contribution in [2.24, 2.45) is 7.05 Å². The maximum absolute atomic E-state index is 14.3. The van der Waals surface area contributed by atoms with Crippen molar-refractivity contribution in [2.75, 3.05) is 0 Å². The lowest BCUT2D eigenvalue weighted by atomic mass is 10.0. The summed E-state index contributed by atoms with van der Waals surface area (Å²) in [6, 6.07) is 3.07. The number of aromatic nitrogens is 2. The average molecular weight is 465 g/mol. The lowest BCUT2D eigenvalue weighted by molar-refractivity contribution is -0.138. The van der Waals surface area contributed by atoms with Gasteiger partial charge < -0.3 is 4.90 Å². The van der Waals surface area contributed by atoms with Gasteiger partial charge in [-0.25, -0.2) is 13.5 Å². The SMILES string of the molecule is CC.CC.Cc1ccc(C(F)(F)F)c(CN(C(=O)c2c(C(F)F)nn(C)c2F)C2CC2)c1. The molecule has 0 atom stereocenters. The number of amides is 1. The van der Waals surface area contributed by atoms with Crippen LogP contribution in [0.5, 0.6) is 0 Å². The number of aryl methyl sites for hydroxylation is 2. The van der Waals surface area contributed by atoms with Crippen molar-refractivity contribution in [2.45, 2.75) is 72.6 Å². The topological polar surface area (TPSA) is 38.1 Å². The number of halogens is 6. The van der Waals surface area contributed by atoms with Crippen LogP contribution >= 0.6 is 0 Å². The molecule has 1 aliphatic carbocycles. The van der Waals surface area contributed by atoms with Gasteiger partial charge in [0.25, 0.3) is 12.3 Å². The highest BCUT2D eigenvalue weighted by Gasteiger charge is 2.40. The zero-order valence-electron chi connectivity index (χ0n) is 19.0. The molecular weight excluding hydrogens is 436 g/mol. The Morgan fingerprint density at radius 3 is 2.22 bits per heavy atom. The van der Waals surface area contributed by atoms with Gasteiger partial charge >= 0.3 is 6.18 Å². The van der Waals surface area contributed by atoms with Crippen molar-refractivity contribution in [3.05, 3.63) is 52.1 Å². The molecule has 1 saturated carbocycles. The molecule has 3 rings (SSSR count). The average Bonchev–Trinajstić information content (AvgIpc) is 3.53. The Bertz CT molecular complexity index is 904.